The zero-order valence-corrected chi connectivity index (χ0v) is 17.3. The number of hydrogen-bond acceptors (Lipinski definition) is 3. The largest absolute Gasteiger partial charge is 0.344 e. The number of carbonyl (C=O) groups excluding carboxylic acids is 2. The van der Waals surface area contributed by atoms with Gasteiger partial charge in [0.1, 0.15) is 6.04 Å². The molecule has 1 aliphatic rings. The van der Waals surface area contributed by atoms with Crippen LogP contribution in [0.2, 0.25) is 0 Å². The van der Waals surface area contributed by atoms with Crippen LogP contribution in [0, 0.1) is 0 Å². The minimum atomic E-state index is -0.534. The Bertz CT molecular complexity index is 1240. The fourth-order valence-electron chi connectivity index (χ4n) is 4.24. The number of amides is 2. The fourth-order valence-corrected chi connectivity index (χ4v) is 5.21. The van der Waals surface area contributed by atoms with E-state index in [4.69, 9.17) is 0 Å². The van der Waals surface area contributed by atoms with Crippen molar-refractivity contribution in [2.24, 2.45) is 0 Å². The van der Waals surface area contributed by atoms with Gasteiger partial charge in [0.05, 0.1) is 0 Å². The summed E-state index contributed by atoms with van der Waals surface area (Å²) in [7, 11) is 0. The zero-order chi connectivity index (χ0) is 20.5. The first-order chi connectivity index (χ1) is 14.7. The van der Waals surface area contributed by atoms with Crippen LogP contribution in [0.3, 0.4) is 0 Å². The lowest BCUT2D eigenvalue weighted by Crippen LogP contribution is -2.45. The van der Waals surface area contributed by atoms with Crippen molar-refractivity contribution >= 4 is 44.0 Å². The lowest BCUT2D eigenvalue weighted by molar-refractivity contribution is -0.134. The van der Waals surface area contributed by atoms with Crippen molar-refractivity contribution in [2.75, 3.05) is 6.54 Å². The molecule has 1 saturated heterocycles. The smallest absolute Gasteiger partial charge is 0.245 e. The molecule has 150 valence electrons. The number of rotatable bonds is 4. The minimum Gasteiger partial charge on any atom is -0.344 e. The predicted molar refractivity (Wildman–Crippen MR) is 121 cm³/mol. The summed E-state index contributed by atoms with van der Waals surface area (Å²) < 4.78 is 1.20. The molecule has 2 amide bonds. The van der Waals surface area contributed by atoms with Crippen LogP contribution in [0.5, 0.6) is 0 Å². The van der Waals surface area contributed by atoms with Crippen molar-refractivity contribution in [3.05, 3.63) is 83.2 Å². The number of benzene rings is 3. The number of thiophene rings is 1. The Morgan fingerprint density at radius 3 is 2.57 bits per heavy atom. The third-order valence-corrected chi connectivity index (χ3v) is 6.79. The van der Waals surface area contributed by atoms with Crippen molar-refractivity contribution in [3.63, 3.8) is 0 Å². The Labute approximate surface area is 179 Å². The summed E-state index contributed by atoms with van der Waals surface area (Å²) in [6.45, 7) is 0.949. The summed E-state index contributed by atoms with van der Waals surface area (Å²) >= 11 is 1.68. The van der Waals surface area contributed by atoms with Gasteiger partial charge in [0.25, 0.3) is 0 Å². The fraction of sp³-hybridized carbons (Fsp3) is 0.200. The molecule has 4 nitrogen and oxygen atoms in total. The number of fused-ring (bicyclic) bond motifs is 2. The summed E-state index contributed by atoms with van der Waals surface area (Å²) in [6, 6.07) is 22.1. The van der Waals surface area contributed by atoms with E-state index in [1.807, 2.05) is 35.2 Å². The molecule has 5 rings (SSSR count). The van der Waals surface area contributed by atoms with Crippen molar-refractivity contribution in [1.82, 2.24) is 10.2 Å². The Hall–Kier alpha value is -3.18. The summed E-state index contributed by atoms with van der Waals surface area (Å²) in [5.41, 5.74) is 2.22. The van der Waals surface area contributed by atoms with Gasteiger partial charge in [-0.3, -0.25) is 9.59 Å². The molecule has 2 heterocycles. The number of hydrogen-bond donors (Lipinski definition) is 1. The zero-order valence-electron chi connectivity index (χ0n) is 16.5. The van der Waals surface area contributed by atoms with Crippen LogP contribution in [0.25, 0.3) is 20.9 Å². The van der Waals surface area contributed by atoms with Gasteiger partial charge in [-0.05, 0) is 38.7 Å². The highest BCUT2D eigenvalue weighted by Crippen LogP contribution is 2.27. The maximum absolute atomic E-state index is 13.4. The molecule has 0 spiro atoms. The molecule has 0 saturated carbocycles. The second-order valence-corrected chi connectivity index (χ2v) is 8.64. The summed E-state index contributed by atoms with van der Waals surface area (Å²) in [5, 5.41) is 8.53. The van der Waals surface area contributed by atoms with E-state index in [1.165, 1.54) is 4.70 Å². The minimum absolute atomic E-state index is 0.0101. The molecular weight excluding hydrogens is 392 g/mol. The van der Waals surface area contributed by atoms with Crippen molar-refractivity contribution in [2.45, 2.75) is 25.4 Å². The van der Waals surface area contributed by atoms with Crippen LogP contribution in [-0.2, 0) is 22.6 Å². The van der Waals surface area contributed by atoms with Crippen LogP contribution in [0.15, 0.2) is 72.1 Å². The van der Waals surface area contributed by atoms with Gasteiger partial charge in [-0.25, -0.2) is 0 Å². The molecule has 4 aromatic rings. The Morgan fingerprint density at radius 2 is 1.67 bits per heavy atom. The SMILES string of the molecule is O=C1CCN(Cc2cccc3ccccc23)C(=O)[C@H](Cc2csc3ccccc23)N1. The average molecular weight is 415 g/mol. The van der Waals surface area contributed by atoms with Crippen LogP contribution in [-0.4, -0.2) is 29.3 Å². The summed E-state index contributed by atoms with van der Waals surface area (Å²) in [6.07, 6.45) is 0.845. The first kappa shape index (κ1) is 18.8. The molecular formula is C25H22N2O2S. The molecule has 0 unspecified atom stereocenters. The lowest BCUT2D eigenvalue weighted by atomic mass is 10.0. The van der Waals surface area contributed by atoms with E-state index in [9.17, 15) is 9.59 Å². The molecule has 1 aromatic heterocycles. The summed E-state index contributed by atoms with van der Waals surface area (Å²) in [5.74, 6) is -0.0719. The molecule has 0 bridgehead atoms. The maximum atomic E-state index is 13.4. The van der Waals surface area contributed by atoms with E-state index in [-0.39, 0.29) is 11.8 Å². The first-order valence-corrected chi connectivity index (χ1v) is 11.1. The first-order valence-electron chi connectivity index (χ1n) is 10.2. The Kier molecular flexibility index (Phi) is 4.97. The van der Waals surface area contributed by atoms with E-state index in [2.05, 4.69) is 47.1 Å². The molecule has 0 aliphatic carbocycles. The van der Waals surface area contributed by atoms with E-state index >= 15 is 0 Å². The van der Waals surface area contributed by atoms with Crippen LogP contribution in [0.4, 0.5) is 0 Å². The van der Waals surface area contributed by atoms with E-state index in [1.54, 1.807) is 11.3 Å². The van der Waals surface area contributed by atoms with Gasteiger partial charge in [-0.1, -0.05) is 60.7 Å². The number of nitrogens with one attached hydrogen (secondary N) is 1. The van der Waals surface area contributed by atoms with Gasteiger partial charge < -0.3 is 10.2 Å². The summed E-state index contributed by atoms with van der Waals surface area (Å²) in [4.78, 5) is 27.6. The monoisotopic (exact) mass is 414 g/mol. The topological polar surface area (TPSA) is 49.4 Å². The Balaban J connectivity index is 1.43. The van der Waals surface area contributed by atoms with Gasteiger partial charge in [-0.15, -0.1) is 11.3 Å². The van der Waals surface area contributed by atoms with Crippen LogP contribution in [0.1, 0.15) is 17.5 Å². The van der Waals surface area contributed by atoms with Crippen molar-refractivity contribution in [1.29, 1.82) is 0 Å². The van der Waals surface area contributed by atoms with Crippen LogP contribution < -0.4 is 5.32 Å². The van der Waals surface area contributed by atoms with Gasteiger partial charge >= 0.3 is 0 Å². The standard InChI is InChI=1S/C25H22N2O2S/c28-24-12-13-27(15-18-8-5-7-17-6-1-2-9-20(17)18)25(29)22(26-24)14-19-16-30-23-11-4-3-10-21(19)23/h1-11,16,22H,12-15H2,(H,26,28)/t22-/m0/s1. The molecule has 1 atom stereocenters. The molecule has 1 N–H and O–H groups in total. The number of nitrogens with zero attached hydrogens (tertiary/aromatic N) is 1. The van der Waals surface area contributed by atoms with Crippen molar-refractivity contribution < 1.29 is 9.59 Å². The van der Waals surface area contributed by atoms with Gasteiger partial charge in [-0.2, -0.15) is 0 Å². The normalized spacial score (nSPS) is 17.3. The highest BCUT2D eigenvalue weighted by molar-refractivity contribution is 7.17. The highest BCUT2D eigenvalue weighted by Gasteiger charge is 2.30. The molecule has 0 radical (unpaired) electrons. The quantitative estimate of drug-likeness (QED) is 0.534. The molecule has 30 heavy (non-hydrogen) atoms. The van der Waals surface area contributed by atoms with Gasteiger partial charge in [0.2, 0.25) is 11.8 Å². The maximum Gasteiger partial charge on any atom is 0.245 e. The number of carbonyl (C=O) groups is 2. The molecule has 3 aromatic carbocycles. The lowest BCUT2D eigenvalue weighted by Gasteiger charge is -2.25. The van der Waals surface area contributed by atoms with E-state index in [0.29, 0.717) is 25.9 Å². The predicted octanol–water partition coefficient (Wildman–Crippen LogP) is 4.51. The molecule has 5 heteroatoms. The van der Waals surface area contributed by atoms with Crippen molar-refractivity contribution in [3.8, 4) is 0 Å². The second kappa shape index (κ2) is 7.92. The Morgan fingerprint density at radius 1 is 0.900 bits per heavy atom. The van der Waals surface area contributed by atoms with E-state index < -0.39 is 6.04 Å². The highest BCUT2D eigenvalue weighted by atomic mass is 32.1. The molecule has 1 fully saturated rings. The van der Waals surface area contributed by atoms with Gasteiger partial charge in [0, 0.05) is 30.6 Å². The van der Waals surface area contributed by atoms with Gasteiger partial charge in [0.15, 0.2) is 0 Å². The van der Waals surface area contributed by atoms with E-state index in [0.717, 1.165) is 27.3 Å². The molecule has 1 aliphatic heterocycles. The second-order valence-electron chi connectivity index (χ2n) is 7.73. The average Bonchev–Trinajstić information content (AvgIpc) is 3.13. The van der Waals surface area contributed by atoms with Crippen LogP contribution >= 0.6 is 11.3 Å². The third-order valence-electron chi connectivity index (χ3n) is 5.78. The third kappa shape index (κ3) is 3.57.